The first-order valence-corrected chi connectivity index (χ1v) is 9.57. The number of para-hydroxylation sites is 1. The third-order valence-electron chi connectivity index (χ3n) is 5.02. The summed E-state index contributed by atoms with van der Waals surface area (Å²) in [5.41, 5.74) is -1.20. The Labute approximate surface area is 174 Å². The molecule has 0 fully saturated rings. The molecule has 1 heterocycles. The van der Waals surface area contributed by atoms with Gasteiger partial charge in [0.05, 0.1) is 29.9 Å². The molecule has 3 rings (SSSR count). The lowest BCUT2D eigenvalue weighted by Gasteiger charge is -2.37. The number of isothiocyanates is 1. The van der Waals surface area contributed by atoms with Crippen LogP contribution in [0.2, 0.25) is 0 Å². The zero-order valence-electron chi connectivity index (χ0n) is 16.7. The second kappa shape index (κ2) is 7.54. The van der Waals surface area contributed by atoms with Gasteiger partial charge in [0.25, 0.3) is 5.91 Å². The number of thiocarbonyl (C=S) groups is 1. The lowest BCUT2D eigenvalue weighted by atomic mass is 9.65. The number of methoxy groups -OCH3 is 1. The number of esters is 1. The molecular weight excluding hydrogens is 392 g/mol. The van der Waals surface area contributed by atoms with Crippen LogP contribution in [0.25, 0.3) is 0 Å². The SMILES string of the molecule is COC(=O)N1C(=O)[C@@]2(C=C[C@H](N=C=S)C[C@H]2C(=O)OC(C)(C)C)c2ccccc21. The minimum atomic E-state index is -1.39. The van der Waals surface area contributed by atoms with E-state index in [4.69, 9.17) is 21.7 Å². The molecule has 152 valence electrons. The number of hydrogen-bond acceptors (Lipinski definition) is 7. The number of amides is 2. The summed E-state index contributed by atoms with van der Waals surface area (Å²) in [6.07, 6.45) is 2.74. The lowest BCUT2D eigenvalue weighted by molar-refractivity contribution is -0.164. The summed E-state index contributed by atoms with van der Waals surface area (Å²) < 4.78 is 10.4. The Hall–Kier alpha value is -2.83. The largest absolute Gasteiger partial charge is 0.460 e. The Balaban J connectivity index is 2.21. The molecule has 0 saturated heterocycles. The number of fused-ring (bicyclic) bond motifs is 2. The molecule has 1 aromatic carbocycles. The van der Waals surface area contributed by atoms with Crippen molar-refractivity contribution in [3.8, 4) is 0 Å². The van der Waals surface area contributed by atoms with Crippen LogP contribution in [0.5, 0.6) is 0 Å². The Bertz CT molecular complexity index is 945. The Morgan fingerprint density at radius 3 is 2.62 bits per heavy atom. The van der Waals surface area contributed by atoms with E-state index in [-0.39, 0.29) is 6.42 Å². The van der Waals surface area contributed by atoms with Crippen LogP contribution in [0.1, 0.15) is 32.8 Å². The van der Waals surface area contributed by atoms with Gasteiger partial charge in [0.2, 0.25) is 0 Å². The third-order valence-corrected chi connectivity index (χ3v) is 5.13. The highest BCUT2D eigenvalue weighted by Crippen LogP contribution is 2.51. The summed E-state index contributed by atoms with van der Waals surface area (Å²) in [5, 5.41) is 2.33. The average molecular weight is 414 g/mol. The number of anilines is 1. The van der Waals surface area contributed by atoms with Gasteiger partial charge in [-0.2, -0.15) is 0 Å². The Morgan fingerprint density at radius 1 is 1.31 bits per heavy atom. The van der Waals surface area contributed by atoms with E-state index in [9.17, 15) is 14.4 Å². The van der Waals surface area contributed by atoms with Gasteiger partial charge < -0.3 is 9.47 Å². The van der Waals surface area contributed by atoms with Crippen molar-refractivity contribution >= 4 is 41.0 Å². The second-order valence-corrected chi connectivity index (χ2v) is 8.15. The van der Waals surface area contributed by atoms with Gasteiger partial charge in [-0.25, -0.2) is 14.7 Å². The molecule has 0 saturated carbocycles. The molecule has 3 atom stereocenters. The molecule has 0 N–H and O–H groups in total. The van der Waals surface area contributed by atoms with Crippen molar-refractivity contribution in [1.29, 1.82) is 0 Å². The van der Waals surface area contributed by atoms with E-state index < -0.39 is 40.9 Å². The fourth-order valence-corrected chi connectivity index (χ4v) is 4.04. The van der Waals surface area contributed by atoms with Crippen molar-refractivity contribution in [3.63, 3.8) is 0 Å². The van der Waals surface area contributed by atoms with Crippen molar-refractivity contribution in [3.05, 3.63) is 42.0 Å². The van der Waals surface area contributed by atoms with E-state index >= 15 is 0 Å². The molecule has 8 heteroatoms. The molecule has 7 nitrogen and oxygen atoms in total. The van der Waals surface area contributed by atoms with Gasteiger partial charge in [-0.1, -0.05) is 30.4 Å². The quantitative estimate of drug-likeness (QED) is 0.319. The van der Waals surface area contributed by atoms with Gasteiger partial charge in [-0.05, 0) is 51.0 Å². The van der Waals surface area contributed by atoms with Gasteiger partial charge in [-0.15, -0.1) is 0 Å². The molecule has 0 unspecified atom stereocenters. The maximum Gasteiger partial charge on any atom is 0.420 e. The number of carbonyl (C=O) groups excluding carboxylic acids is 3. The summed E-state index contributed by atoms with van der Waals surface area (Å²) in [6.45, 7) is 5.27. The molecule has 2 aliphatic rings. The summed E-state index contributed by atoms with van der Waals surface area (Å²) >= 11 is 4.70. The van der Waals surface area contributed by atoms with Crippen LogP contribution in [0.4, 0.5) is 10.5 Å². The van der Waals surface area contributed by atoms with E-state index in [0.717, 1.165) is 4.90 Å². The summed E-state index contributed by atoms with van der Waals surface area (Å²) in [6, 6.07) is 6.45. The number of rotatable bonds is 2. The van der Waals surface area contributed by atoms with Crippen molar-refractivity contribution in [2.45, 2.75) is 44.2 Å². The molecule has 29 heavy (non-hydrogen) atoms. The molecule has 0 bridgehead atoms. The van der Waals surface area contributed by atoms with Crippen molar-refractivity contribution in [1.82, 2.24) is 0 Å². The van der Waals surface area contributed by atoms with Crippen molar-refractivity contribution in [2.75, 3.05) is 12.0 Å². The molecule has 0 aromatic heterocycles. The van der Waals surface area contributed by atoms with E-state index in [0.29, 0.717) is 11.3 Å². The predicted molar refractivity (Wildman–Crippen MR) is 110 cm³/mol. The second-order valence-electron chi connectivity index (χ2n) is 7.97. The normalized spacial score (nSPS) is 25.4. The number of aliphatic imine (C=N–C) groups is 1. The third kappa shape index (κ3) is 3.50. The van der Waals surface area contributed by atoms with Gasteiger partial charge in [0.1, 0.15) is 11.0 Å². The maximum absolute atomic E-state index is 13.6. The standard InChI is InChI=1S/C21H22N2O5S/c1-20(2,3)28-17(24)15-11-13(22-12-29)9-10-21(15)14-7-5-6-8-16(14)23(18(21)25)19(26)27-4/h5-10,13,15H,11H2,1-4H3/t13-,15-,21-/m0/s1. The number of nitrogens with zero attached hydrogens (tertiary/aromatic N) is 2. The van der Waals surface area contributed by atoms with Crippen LogP contribution in [-0.2, 0) is 24.5 Å². The molecule has 1 aromatic rings. The summed E-state index contributed by atoms with van der Waals surface area (Å²) in [5.74, 6) is -1.99. The van der Waals surface area contributed by atoms with Crippen LogP contribution in [0, 0.1) is 5.92 Å². The summed E-state index contributed by atoms with van der Waals surface area (Å²) in [7, 11) is 1.20. The van der Waals surface area contributed by atoms with E-state index in [1.54, 1.807) is 57.2 Å². The van der Waals surface area contributed by atoms with Crippen LogP contribution in [-0.4, -0.2) is 41.9 Å². The van der Waals surface area contributed by atoms with Gasteiger partial charge in [-0.3, -0.25) is 9.59 Å². The highest BCUT2D eigenvalue weighted by Gasteiger charge is 2.60. The summed E-state index contributed by atoms with van der Waals surface area (Å²) in [4.78, 5) is 44.2. The number of benzene rings is 1. The van der Waals surface area contributed by atoms with Crippen LogP contribution in [0.15, 0.2) is 41.4 Å². The molecular formula is C21H22N2O5S. The minimum absolute atomic E-state index is 0.199. The Morgan fingerprint density at radius 2 is 2.00 bits per heavy atom. The monoisotopic (exact) mass is 414 g/mol. The molecule has 1 aliphatic carbocycles. The predicted octanol–water partition coefficient (Wildman–Crippen LogP) is 3.43. The topological polar surface area (TPSA) is 85.3 Å². The average Bonchev–Trinajstić information content (AvgIpc) is 2.90. The van der Waals surface area contributed by atoms with E-state index in [1.165, 1.54) is 7.11 Å². The molecule has 1 aliphatic heterocycles. The number of hydrogen-bond donors (Lipinski definition) is 0. The first kappa shape index (κ1) is 20.9. The van der Waals surface area contributed by atoms with Gasteiger partial charge in [0, 0.05) is 0 Å². The van der Waals surface area contributed by atoms with Crippen LogP contribution in [0.3, 0.4) is 0 Å². The maximum atomic E-state index is 13.6. The number of ether oxygens (including phenoxy) is 2. The van der Waals surface area contributed by atoms with E-state index in [1.807, 2.05) is 0 Å². The first-order valence-electron chi connectivity index (χ1n) is 9.17. The minimum Gasteiger partial charge on any atom is -0.460 e. The highest BCUT2D eigenvalue weighted by atomic mass is 32.1. The van der Waals surface area contributed by atoms with Crippen LogP contribution < -0.4 is 4.90 Å². The molecule has 0 radical (unpaired) electrons. The first-order chi connectivity index (χ1) is 13.7. The van der Waals surface area contributed by atoms with E-state index in [2.05, 4.69) is 10.2 Å². The fourth-order valence-electron chi connectivity index (χ4n) is 3.90. The zero-order chi connectivity index (χ0) is 21.4. The highest BCUT2D eigenvalue weighted by molar-refractivity contribution is 7.78. The fraction of sp³-hybridized carbons (Fsp3) is 0.429. The Kier molecular flexibility index (Phi) is 5.43. The molecule has 1 spiro atoms. The van der Waals surface area contributed by atoms with Gasteiger partial charge >= 0.3 is 12.1 Å². The van der Waals surface area contributed by atoms with Gasteiger partial charge in [0.15, 0.2) is 0 Å². The lowest BCUT2D eigenvalue weighted by Crippen LogP contribution is -2.52. The molecule has 2 amide bonds. The van der Waals surface area contributed by atoms with Crippen molar-refractivity contribution in [2.24, 2.45) is 10.9 Å². The number of carbonyl (C=O) groups is 3. The zero-order valence-corrected chi connectivity index (χ0v) is 17.5. The van der Waals surface area contributed by atoms with Crippen LogP contribution >= 0.6 is 12.2 Å². The number of imide groups is 1. The van der Waals surface area contributed by atoms with Crippen molar-refractivity contribution < 1.29 is 23.9 Å². The smallest absolute Gasteiger partial charge is 0.420 e.